The summed E-state index contributed by atoms with van der Waals surface area (Å²) < 4.78 is 18.2. The van der Waals surface area contributed by atoms with Crippen LogP contribution in [0.2, 0.25) is 0 Å². The van der Waals surface area contributed by atoms with E-state index < -0.39 is 17.2 Å². The summed E-state index contributed by atoms with van der Waals surface area (Å²) >= 11 is 1.36. The fourth-order valence-electron chi connectivity index (χ4n) is 4.95. The molecule has 0 radical (unpaired) electrons. The lowest BCUT2D eigenvalue weighted by atomic mass is 10.1. The number of likely N-dealkylation sites (N-methyl/N-ethyl adjacent to an activating group) is 1. The number of carbonyl (C=O) groups is 1. The highest BCUT2D eigenvalue weighted by Gasteiger charge is 2.25. The van der Waals surface area contributed by atoms with Gasteiger partial charge in [0.25, 0.3) is 5.91 Å². The highest BCUT2D eigenvalue weighted by atomic mass is 32.1. The second-order valence-corrected chi connectivity index (χ2v) is 10.4. The largest absolute Gasteiger partial charge is 0.353 e. The smallest absolute Gasteiger partial charge is 0.258 e. The van der Waals surface area contributed by atoms with Crippen LogP contribution >= 0.6 is 11.3 Å². The van der Waals surface area contributed by atoms with Gasteiger partial charge in [0, 0.05) is 26.2 Å². The topological polar surface area (TPSA) is 69.9 Å². The average Bonchev–Trinajstić information content (AvgIpc) is 3.15. The van der Waals surface area contributed by atoms with Crippen molar-refractivity contribution in [3.63, 3.8) is 0 Å². The van der Waals surface area contributed by atoms with E-state index in [0.717, 1.165) is 35.3 Å². The number of benzene rings is 2. The lowest BCUT2D eigenvalue weighted by molar-refractivity contribution is 0.0951. The molecular weight excluding hydrogens is 489 g/mol. The lowest BCUT2D eigenvalue weighted by Crippen LogP contribution is -2.31. The average molecular weight is 516 g/mol. The van der Waals surface area contributed by atoms with E-state index in [1.54, 1.807) is 0 Å². The van der Waals surface area contributed by atoms with Crippen molar-refractivity contribution in [2.75, 3.05) is 38.1 Å². The molecule has 1 fully saturated rings. The molecule has 1 aliphatic heterocycles. The Labute approximate surface area is 216 Å². The first-order chi connectivity index (χ1) is 18.0. The molecule has 6 rings (SSSR count). The third-order valence-electron chi connectivity index (χ3n) is 6.89. The zero-order valence-electron chi connectivity index (χ0n) is 20.4. The number of carbonyl (C=O) groups excluding carboxylic acids is 1. The molecule has 1 saturated heterocycles. The summed E-state index contributed by atoms with van der Waals surface area (Å²) in [7, 11) is 2.05. The van der Waals surface area contributed by atoms with Crippen LogP contribution < -0.4 is 15.6 Å². The van der Waals surface area contributed by atoms with Crippen molar-refractivity contribution in [3.05, 3.63) is 87.8 Å². The van der Waals surface area contributed by atoms with Crippen LogP contribution in [0, 0.1) is 5.82 Å². The van der Waals surface area contributed by atoms with Gasteiger partial charge < -0.3 is 15.1 Å². The molecule has 37 heavy (non-hydrogen) atoms. The van der Waals surface area contributed by atoms with E-state index >= 15 is 4.39 Å². The highest BCUT2D eigenvalue weighted by Crippen LogP contribution is 2.32. The normalized spacial score (nSPS) is 14.9. The molecule has 0 spiro atoms. The molecule has 3 aromatic heterocycles. The number of fused-ring (bicyclic) bond motifs is 5. The number of pyridine rings is 2. The summed E-state index contributed by atoms with van der Waals surface area (Å²) in [6.07, 6.45) is 0.896. The second kappa shape index (κ2) is 9.57. The Balaban J connectivity index is 1.54. The number of nitrogens with one attached hydrogen (secondary N) is 1. The van der Waals surface area contributed by atoms with Crippen LogP contribution in [-0.2, 0) is 6.54 Å². The number of aromatic nitrogens is 2. The van der Waals surface area contributed by atoms with Gasteiger partial charge in [-0.05, 0) is 43.8 Å². The van der Waals surface area contributed by atoms with Gasteiger partial charge in [-0.15, -0.1) is 11.3 Å². The molecule has 0 bridgehead atoms. The summed E-state index contributed by atoms with van der Waals surface area (Å²) in [5, 5.41) is 2.97. The summed E-state index contributed by atoms with van der Waals surface area (Å²) in [6, 6.07) is 18.5. The maximum absolute atomic E-state index is 15.5. The van der Waals surface area contributed by atoms with E-state index in [-0.39, 0.29) is 23.3 Å². The summed E-state index contributed by atoms with van der Waals surface area (Å²) in [5.74, 6) is -0.795. The Morgan fingerprint density at radius 3 is 2.68 bits per heavy atom. The molecule has 0 saturated carbocycles. The van der Waals surface area contributed by atoms with Gasteiger partial charge in [-0.25, -0.2) is 9.37 Å². The lowest BCUT2D eigenvalue weighted by Gasteiger charge is -2.22. The third-order valence-corrected chi connectivity index (χ3v) is 8.04. The van der Waals surface area contributed by atoms with Crippen molar-refractivity contribution in [1.29, 1.82) is 0 Å². The molecule has 9 heteroatoms. The van der Waals surface area contributed by atoms with Gasteiger partial charge in [-0.3, -0.25) is 14.0 Å². The van der Waals surface area contributed by atoms with Gasteiger partial charge in [0.05, 0.1) is 15.6 Å². The van der Waals surface area contributed by atoms with Crippen LogP contribution in [0.4, 0.5) is 10.2 Å². The van der Waals surface area contributed by atoms with Crippen LogP contribution in [-0.4, -0.2) is 53.4 Å². The molecule has 4 heterocycles. The van der Waals surface area contributed by atoms with Crippen LogP contribution in [0.25, 0.3) is 26.1 Å². The minimum atomic E-state index is -0.552. The maximum atomic E-state index is 15.5. The Bertz CT molecular complexity index is 1700. The van der Waals surface area contributed by atoms with Crippen molar-refractivity contribution in [1.82, 2.24) is 19.6 Å². The SMILES string of the molecule is CN1CCCN(c2nc3c(cc2F)c(=O)c(C(=O)NCc2ccccc2)c2sc4ccccc4n23)CC1. The van der Waals surface area contributed by atoms with Gasteiger partial charge >= 0.3 is 0 Å². The number of para-hydroxylation sites is 1. The quantitative estimate of drug-likeness (QED) is 0.387. The number of halogens is 1. The molecule has 0 unspecified atom stereocenters. The minimum absolute atomic E-state index is 0.00924. The predicted octanol–water partition coefficient (Wildman–Crippen LogP) is 4.27. The molecule has 1 N–H and O–H groups in total. The van der Waals surface area contributed by atoms with E-state index in [1.807, 2.05) is 63.9 Å². The van der Waals surface area contributed by atoms with Crippen LogP contribution in [0.3, 0.4) is 0 Å². The molecule has 0 atom stereocenters. The molecule has 188 valence electrons. The number of rotatable bonds is 4. The van der Waals surface area contributed by atoms with E-state index in [9.17, 15) is 9.59 Å². The Kier molecular flexibility index (Phi) is 6.10. The Morgan fingerprint density at radius 2 is 1.84 bits per heavy atom. The molecular formula is C28H26FN5O2S. The molecule has 2 aromatic carbocycles. The number of anilines is 1. The van der Waals surface area contributed by atoms with E-state index in [0.29, 0.717) is 23.6 Å². The van der Waals surface area contributed by atoms with Gasteiger partial charge in [-0.2, -0.15) is 0 Å². The first-order valence-corrected chi connectivity index (χ1v) is 13.1. The van der Waals surface area contributed by atoms with E-state index in [4.69, 9.17) is 4.98 Å². The summed E-state index contributed by atoms with van der Waals surface area (Å²) in [4.78, 5) is 36.5. The summed E-state index contributed by atoms with van der Waals surface area (Å²) in [6.45, 7) is 3.35. The Morgan fingerprint density at radius 1 is 1.05 bits per heavy atom. The number of nitrogens with zero attached hydrogens (tertiary/aromatic N) is 4. The van der Waals surface area contributed by atoms with Gasteiger partial charge in [-0.1, -0.05) is 42.5 Å². The molecule has 7 nitrogen and oxygen atoms in total. The van der Waals surface area contributed by atoms with E-state index in [2.05, 4.69) is 17.3 Å². The van der Waals surface area contributed by atoms with Crippen LogP contribution in [0.1, 0.15) is 22.3 Å². The molecule has 1 amide bonds. The molecule has 1 aliphatic rings. The third kappa shape index (κ3) is 4.24. The first-order valence-electron chi connectivity index (χ1n) is 12.3. The van der Waals surface area contributed by atoms with Crippen molar-refractivity contribution in [2.24, 2.45) is 0 Å². The zero-order valence-corrected chi connectivity index (χ0v) is 21.2. The van der Waals surface area contributed by atoms with Crippen LogP contribution in [0.5, 0.6) is 0 Å². The number of amides is 1. The van der Waals surface area contributed by atoms with Crippen molar-refractivity contribution < 1.29 is 9.18 Å². The van der Waals surface area contributed by atoms with Gasteiger partial charge in [0.1, 0.15) is 10.4 Å². The zero-order chi connectivity index (χ0) is 25.5. The maximum Gasteiger partial charge on any atom is 0.258 e. The van der Waals surface area contributed by atoms with Crippen molar-refractivity contribution in [2.45, 2.75) is 13.0 Å². The second-order valence-electron chi connectivity index (χ2n) is 9.39. The van der Waals surface area contributed by atoms with Gasteiger partial charge in [0.2, 0.25) is 5.43 Å². The first kappa shape index (κ1) is 23.6. The fraction of sp³-hybridized carbons (Fsp3) is 0.250. The van der Waals surface area contributed by atoms with Gasteiger partial charge in [0.15, 0.2) is 17.3 Å². The monoisotopic (exact) mass is 515 g/mol. The number of hydrogen-bond donors (Lipinski definition) is 1. The predicted molar refractivity (Wildman–Crippen MR) is 146 cm³/mol. The number of hydrogen-bond acceptors (Lipinski definition) is 6. The number of thiazole rings is 1. The molecule has 0 aliphatic carbocycles. The summed E-state index contributed by atoms with van der Waals surface area (Å²) in [5.41, 5.74) is 1.61. The highest BCUT2D eigenvalue weighted by molar-refractivity contribution is 7.24. The van der Waals surface area contributed by atoms with E-state index in [1.165, 1.54) is 17.4 Å². The fourth-order valence-corrected chi connectivity index (χ4v) is 6.13. The van der Waals surface area contributed by atoms with Crippen molar-refractivity contribution in [3.8, 4) is 0 Å². The van der Waals surface area contributed by atoms with Crippen molar-refractivity contribution >= 4 is 49.1 Å². The van der Waals surface area contributed by atoms with Crippen LogP contribution in [0.15, 0.2) is 65.5 Å². The standard InChI is InChI=1S/C28H26FN5O2S/c1-32-12-7-13-33(15-14-32)26-20(29)16-19-24(35)23(27(36)30-17-18-8-3-2-4-9-18)28-34(25(19)31-26)21-10-5-6-11-22(21)37-28/h2-6,8-11,16H,7,12-15,17H2,1H3,(H,30,36). The minimum Gasteiger partial charge on any atom is -0.353 e. The molecule has 5 aromatic rings. The Hall–Kier alpha value is -3.82.